The van der Waals surface area contributed by atoms with Crippen LogP contribution in [0.2, 0.25) is 0 Å². The third-order valence-corrected chi connectivity index (χ3v) is 2.39. The Kier molecular flexibility index (Phi) is 3.67. The smallest absolute Gasteiger partial charge is 0.240 e. The molecule has 4 heteroatoms. The third-order valence-electron chi connectivity index (χ3n) is 2.39. The van der Waals surface area contributed by atoms with E-state index >= 15 is 0 Å². The van der Waals surface area contributed by atoms with E-state index in [0.29, 0.717) is 24.1 Å². The van der Waals surface area contributed by atoms with Gasteiger partial charge in [0.05, 0.1) is 12.3 Å². The lowest BCUT2D eigenvalue weighted by atomic mass is 10.2. The van der Waals surface area contributed by atoms with Crippen LogP contribution in [0, 0.1) is 6.92 Å². The van der Waals surface area contributed by atoms with E-state index in [-0.39, 0.29) is 0 Å². The van der Waals surface area contributed by atoms with Crippen molar-refractivity contribution in [3.8, 4) is 17.5 Å². The van der Waals surface area contributed by atoms with Crippen molar-refractivity contribution >= 4 is 5.69 Å². The first kappa shape index (κ1) is 12.2. The summed E-state index contributed by atoms with van der Waals surface area (Å²) in [5.74, 6) is 1.61. The highest BCUT2D eigenvalue weighted by Gasteiger charge is 2.05. The van der Waals surface area contributed by atoms with Gasteiger partial charge in [-0.15, -0.1) is 0 Å². The SMILES string of the molecule is CCOc1nc(Oc2ccc(C)cc2)ccc1N. The van der Waals surface area contributed by atoms with Gasteiger partial charge in [0, 0.05) is 6.07 Å². The Morgan fingerprint density at radius 2 is 1.83 bits per heavy atom. The predicted octanol–water partition coefficient (Wildman–Crippen LogP) is 3.16. The van der Waals surface area contributed by atoms with E-state index in [9.17, 15) is 0 Å². The molecule has 0 spiro atoms. The number of nitrogen functional groups attached to an aromatic ring is 1. The van der Waals surface area contributed by atoms with Gasteiger partial charge >= 0.3 is 0 Å². The minimum absolute atomic E-state index is 0.405. The summed E-state index contributed by atoms with van der Waals surface area (Å²) in [5, 5.41) is 0. The maximum absolute atomic E-state index is 5.75. The second-order valence-electron chi connectivity index (χ2n) is 3.89. The van der Waals surface area contributed by atoms with Gasteiger partial charge in [0.15, 0.2) is 0 Å². The van der Waals surface area contributed by atoms with Gasteiger partial charge in [0.25, 0.3) is 0 Å². The number of anilines is 1. The highest BCUT2D eigenvalue weighted by Crippen LogP contribution is 2.25. The van der Waals surface area contributed by atoms with Crippen molar-refractivity contribution in [1.29, 1.82) is 0 Å². The molecule has 0 saturated carbocycles. The van der Waals surface area contributed by atoms with Gasteiger partial charge in [-0.1, -0.05) is 17.7 Å². The van der Waals surface area contributed by atoms with Gasteiger partial charge < -0.3 is 15.2 Å². The van der Waals surface area contributed by atoms with E-state index in [2.05, 4.69) is 4.98 Å². The van der Waals surface area contributed by atoms with Crippen molar-refractivity contribution in [2.45, 2.75) is 13.8 Å². The molecule has 2 rings (SSSR count). The summed E-state index contributed by atoms with van der Waals surface area (Å²) in [4.78, 5) is 4.21. The number of nitrogens with zero attached hydrogens (tertiary/aromatic N) is 1. The number of hydrogen-bond donors (Lipinski definition) is 1. The van der Waals surface area contributed by atoms with Crippen molar-refractivity contribution in [1.82, 2.24) is 4.98 Å². The average molecular weight is 244 g/mol. The summed E-state index contributed by atoms with van der Waals surface area (Å²) in [6.07, 6.45) is 0. The van der Waals surface area contributed by atoms with Gasteiger partial charge in [-0.05, 0) is 32.0 Å². The van der Waals surface area contributed by atoms with E-state index in [1.54, 1.807) is 12.1 Å². The topological polar surface area (TPSA) is 57.4 Å². The second-order valence-corrected chi connectivity index (χ2v) is 3.89. The molecule has 0 amide bonds. The molecule has 0 aliphatic rings. The van der Waals surface area contributed by atoms with Crippen LogP contribution in [0.15, 0.2) is 36.4 Å². The summed E-state index contributed by atoms with van der Waals surface area (Å²) >= 11 is 0. The number of benzene rings is 1. The number of pyridine rings is 1. The molecule has 94 valence electrons. The van der Waals surface area contributed by atoms with Gasteiger partial charge in [-0.25, -0.2) is 0 Å². The molecule has 0 fully saturated rings. The standard InChI is InChI=1S/C14H16N2O2/c1-3-17-14-12(15)8-9-13(16-14)18-11-6-4-10(2)5-7-11/h4-9H,3,15H2,1-2H3. The van der Waals surface area contributed by atoms with E-state index in [0.717, 1.165) is 5.75 Å². The molecule has 2 N–H and O–H groups in total. The normalized spacial score (nSPS) is 10.1. The molecule has 18 heavy (non-hydrogen) atoms. The van der Waals surface area contributed by atoms with Crippen LogP contribution in [0.25, 0.3) is 0 Å². The first-order valence-corrected chi connectivity index (χ1v) is 5.83. The van der Waals surface area contributed by atoms with Gasteiger partial charge in [-0.2, -0.15) is 4.98 Å². The summed E-state index contributed by atoms with van der Waals surface area (Å²) in [6.45, 7) is 4.43. The largest absolute Gasteiger partial charge is 0.476 e. The van der Waals surface area contributed by atoms with Crippen molar-refractivity contribution < 1.29 is 9.47 Å². The number of nitrogens with two attached hydrogens (primary N) is 1. The molecule has 0 saturated heterocycles. The summed E-state index contributed by atoms with van der Waals surface area (Å²) in [5.41, 5.74) is 7.44. The number of rotatable bonds is 4. The fraction of sp³-hybridized carbons (Fsp3) is 0.214. The number of ether oxygens (including phenoxy) is 2. The molecule has 1 aromatic carbocycles. The number of aryl methyl sites for hydroxylation is 1. The molecule has 0 radical (unpaired) electrons. The monoisotopic (exact) mass is 244 g/mol. The highest BCUT2D eigenvalue weighted by atomic mass is 16.5. The summed E-state index contributed by atoms with van der Waals surface area (Å²) in [7, 11) is 0. The average Bonchev–Trinajstić information content (AvgIpc) is 2.37. The highest BCUT2D eigenvalue weighted by molar-refractivity contribution is 5.49. The van der Waals surface area contributed by atoms with Crippen LogP contribution < -0.4 is 15.2 Å². The molecular weight excluding hydrogens is 228 g/mol. The fourth-order valence-corrected chi connectivity index (χ4v) is 1.47. The van der Waals surface area contributed by atoms with Crippen molar-refractivity contribution in [2.75, 3.05) is 12.3 Å². The number of aromatic nitrogens is 1. The Morgan fingerprint density at radius 3 is 2.50 bits per heavy atom. The van der Waals surface area contributed by atoms with Crippen LogP contribution in [0.5, 0.6) is 17.5 Å². The zero-order valence-electron chi connectivity index (χ0n) is 10.5. The Hall–Kier alpha value is -2.23. The van der Waals surface area contributed by atoms with E-state index in [4.69, 9.17) is 15.2 Å². The van der Waals surface area contributed by atoms with Crippen LogP contribution >= 0.6 is 0 Å². The minimum atomic E-state index is 0.405. The second kappa shape index (κ2) is 5.40. The Bertz CT molecular complexity index is 524. The lowest BCUT2D eigenvalue weighted by molar-refractivity contribution is 0.323. The maximum atomic E-state index is 5.75. The Labute approximate surface area is 106 Å². The summed E-state index contributed by atoms with van der Waals surface area (Å²) in [6, 6.07) is 11.2. The lowest BCUT2D eigenvalue weighted by Gasteiger charge is -2.09. The Morgan fingerprint density at radius 1 is 1.11 bits per heavy atom. The molecule has 2 aromatic rings. The molecule has 0 unspecified atom stereocenters. The summed E-state index contributed by atoms with van der Waals surface area (Å²) < 4.78 is 10.9. The fourth-order valence-electron chi connectivity index (χ4n) is 1.47. The first-order chi connectivity index (χ1) is 8.69. The van der Waals surface area contributed by atoms with Crippen molar-refractivity contribution in [2.24, 2.45) is 0 Å². The van der Waals surface area contributed by atoms with Gasteiger partial charge in [0.2, 0.25) is 11.8 Å². The van der Waals surface area contributed by atoms with Gasteiger partial charge in [0.1, 0.15) is 5.75 Å². The molecule has 0 aliphatic heterocycles. The molecule has 1 heterocycles. The lowest BCUT2D eigenvalue weighted by Crippen LogP contribution is -2.00. The number of hydrogen-bond acceptors (Lipinski definition) is 4. The molecule has 1 aromatic heterocycles. The quantitative estimate of drug-likeness (QED) is 0.897. The van der Waals surface area contributed by atoms with E-state index < -0.39 is 0 Å². The van der Waals surface area contributed by atoms with Crippen LogP contribution in [0.1, 0.15) is 12.5 Å². The maximum Gasteiger partial charge on any atom is 0.240 e. The third kappa shape index (κ3) is 2.91. The van der Waals surface area contributed by atoms with Crippen molar-refractivity contribution in [3.63, 3.8) is 0 Å². The van der Waals surface area contributed by atoms with Crippen LogP contribution in [-0.2, 0) is 0 Å². The van der Waals surface area contributed by atoms with Crippen LogP contribution in [0.4, 0.5) is 5.69 Å². The molecule has 4 nitrogen and oxygen atoms in total. The van der Waals surface area contributed by atoms with Crippen molar-refractivity contribution in [3.05, 3.63) is 42.0 Å². The van der Waals surface area contributed by atoms with Crippen LogP contribution in [0.3, 0.4) is 0 Å². The van der Waals surface area contributed by atoms with Gasteiger partial charge in [-0.3, -0.25) is 0 Å². The predicted molar refractivity (Wildman–Crippen MR) is 71.1 cm³/mol. The molecule has 0 aliphatic carbocycles. The molecule has 0 bridgehead atoms. The van der Waals surface area contributed by atoms with E-state index in [1.807, 2.05) is 38.1 Å². The zero-order valence-corrected chi connectivity index (χ0v) is 10.5. The minimum Gasteiger partial charge on any atom is -0.476 e. The molecule has 0 atom stereocenters. The van der Waals surface area contributed by atoms with E-state index in [1.165, 1.54) is 5.56 Å². The Balaban J connectivity index is 2.18. The first-order valence-electron chi connectivity index (χ1n) is 5.83. The zero-order chi connectivity index (χ0) is 13.0. The van der Waals surface area contributed by atoms with Crippen LogP contribution in [-0.4, -0.2) is 11.6 Å². The molecular formula is C14H16N2O2.